The average Bonchev–Trinajstić information content (AvgIpc) is 3.17. The molecule has 0 spiro atoms. The summed E-state index contributed by atoms with van der Waals surface area (Å²) in [6.07, 6.45) is 0. The zero-order valence-electron chi connectivity index (χ0n) is 14.8. The number of nitrogens with zero attached hydrogens (tertiary/aromatic N) is 3. The Bertz CT molecular complexity index is 961. The first-order valence-electron chi connectivity index (χ1n) is 8.13. The van der Waals surface area contributed by atoms with E-state index in [1.54, 1.807) is 38.3 Å². The number of ether oxygens (including phenoxy) is 1. The Hall–Kier alpha value is -3.31. The highest BCUT2D eigenvalue weighted by molar-refractivity contribution is 8.00. The lowest BCUT2D eigenvalue weighted by molar-refractivity contribution is -0.115. The average molecular weight is 379 g/mol. The first-order valence-corrected chi connectivity index (χ1v) is 9.01. The molecule has 0 bridgehead atoms. The molecule has 0 saturated carbocycles. The third kappa shape index (κ3) is 4.65. The number of carbonyl (C=O) groups excluding carboxylic acids is 1. The summed E-state index contributed by atoms with van der Waals surface area (Å²) >= 11 is 1.26. The van der Waals surface area contributed by atoms with Gasteiger partial charge in [0.25, 0.3) is 0 Å². The van der Waals surface area contributed by atoms with Crippen LogP contribution in [0.25, 0.3) is 11.4 Å². The molecule has 0 aliphatic heterocycles. The molecule has 1 amide bonds. The lowest BCUT2D eigenvalue weighted by Gasteiger charge is -2.10. The Balaban J connectivity index is 1.61. The van der Waals surface area contributed by atoms with Gasteiger partial charge in [-0.2, -0.15) is 5.26 Å². The number of nitriles is 1. The van der Waals surface area contributed by atoms with Crippen molar-refractivity contribution in [2.45, 2.75) is 17.3 Å². The normalized spacial score (nSPS) is 11.4. The number of thioether (sulfide) groups is 1. The minimum atomic E-state index is -0.389. The molecular formula is C19H17N5O2S. The molecule has 2 N–H and O–H groups in total. The molecule has 8 heteroatoms. The van der Waals surface area contributed by atoms with Crippen LogP contribution in [0.15, 0.2) is 53.7 Å². The smallest absolute Gasteiger partial charge is 0.237 e. The topological polar surface area (TPSA) is 104 Å². The van der Waals surface area contributed by atoms with E-state index in [9.17, 15) is 4.79 Å². The number of hydrogen-bond acceptors (Lipinski definition) is 6. The first kappa shape index (κ1) is 18.5. The predicted molar refractivity (Wildman–Crippen MR) is 103 cm³/mol. The van der Waals surface area contributed by atoms with E-state index in [-0.39, 0.29) is 11.2 Å². The number of nitrogens with one attached hydrogen (secondary N) is 2. The summed E-state index contributed by atoms with van der Waals surface area (Å²) in [5.74, 6) is 1.22. The Morgan fingerprint density at radius 1 is 1.22 bits per heavy atom. The second-order valence-corrected chi connectivity index (χ2v) is 6.94. The highest BCUT2D eigenvalue weighted by Gasteiger charge is 2.17. The van der Waals surface area contributed by atoms with E-state index >= 15 is 0 Å². The molecule has 0 aliphatic rings. The van der Waals surface area contributed by atoms with Crippen molar-refractivity contribution < 1.29 is 9.53 Å². The van der Waals surface area contributed by atoms with Crippen molar-refractivity contribution in [1.82, 2.24) is 15.2 Å². The van der Waals surface area contributed by atoms with E-state index in [1.165, 1.54) is 11.8 Å². The van der Waals surface area contributed by atoms with Gasteiger partial charge in [0.2, 0.25) is 11.1 Å². The van der Waals surface area contributed by atoms with Crippen molar-refractivity contribution in [3.63, 3.8) is 0 Å². The van der Waals surface area contributed by atoms with Crippen LogP contribution in [-0.4, -0.2) is 33.4 Å². The van der Waals surface area contributed by atoms with Gasteiger partial charge in [-0.05, 0) is 55.5 Å². The van der Waals surface area contributed by atoms with Gasteiger partial charge in [0.1, 0.15) is 5.75 Å². The molecule has 0 saturated heterocycles. The Labute approximate surface area is 160 Å². The summed E-state index contributed by atoms with van der Waals surface area (Å²) in [7, 11) is 1.61. The third-order valence-electron chi connectivity index (χ3n) is 3.76. The maximum atomic E-state index is 12.3. The van der Waals surface area contributed by atoms with Crippen LogP contribution in [0.4, 0.5) is 5.69 Å². The second-order valence-electron chi connectivity index (χ2n) is 5.63. The zero-order valence-corrected chi connectivity index (χ0v) is 15.6. The molecule has 1 atom stereocenters. The van der Waals surface area contributed by atoms with E-state index in [0.717, 1.165) is 11.3 Å². The van der Waals surface area contributed by atoms with E-state index in [0.29, 0.717) is 22.2 Å². The molecule has 1 heterocycles. The van der Waals surface area contributed by atoms with Crippen LogP contribution < -0.4 is 10.1 Å². The van der Waals surface area contributed by atoms with Crippen molar-refractivity contribution in [2.24, 2.45) is 0 Å². The highest BCUT2D eigenvalue weighted by Crippen LogP contribution is 2.24. The van der Waals surface area contributed by atoms with E-state index < -0.39 is 0 Å². The third-order valence-corrected chi connectivity index (χ3v) is 4.72. The van der Waals surface area contributed by atoms with Gasteiger partial charge in [0, 0.05) is 11.3 Å². The minimum Gasteiger partial charge on any atom is -0.497 e. The minimum absolute atomic E-state index is 0.166. The maximum Gasteiger partial charge on any atom is 0.237 e. The fraction of sp³-hybridized carbons (Fsp3) is 0.158. The van der Waals surface area contributed by atoms with Crippen molar-refractivity contribution >= 4 is 23.4 Å². The number of carbonyl (C=O) groups is 1. The van der Waals surface area contributed by atoms with Gasteiger partial charge in [-0.3, -0.25) is 9.89 Å². The van der Waals surface area contributed by atoms with Crippen molar-refractivity contribution in [1.29, 1.82) is 5.26 Å². The van der Waals surface area contributed by atoms with Gasteiger partial charge < -0.3 is 10.1 Å². The quantitative estimate of drug-likeness (QED) is 0.636. The van der Waals surface area contributed by atoms with Crippen LogP contribution >= 0.6 is 11.8 Å². The van der Waals surface area contributed by atoms with E-state index in [4.69, 9.17) is 10.00 Å². The molecule has 27 heavy (non-hydrogen) atoms. The van der Waals surface area contributed by atoms with Crippen LogP contribution in [-0.2, 0) is 4.79 Å². The van der Waals surface area contributed by atoms with Crippen LogP contribution in [0, 0.1) is 11.3 Å². The molecular weight excluding hydrogens is 362 g/mol. The summed E-state index contributed by atoms with van der Waals surface area (Å²) in [6, 6.07) is 16.2. The van der Waals surface area contributed by atoms with Gasteiger partial charge >= 0.3 is 0 Å². The summed E-state index contributed by atoms with van der Waals surface area (Å²) in [6.45, 7) is 1.78. The Morgan fingerprint density at radius 2 is 1.93 bits per heavy atom. The number of methoxy groups -OCH3 is 1. The Kier molecular flexibility index (Phi) is 5.74. The van der Waals surface area contributed by atoms with Crippen molar-refractivity contribution in [3.8, 4) is 23.2 Å². The molecule has 1 unspecified atom stereocenters. The summed E-state index contributed by atoms with van der Waals surface area (Å²) in [5.41, 5.74) is 2.06. The number of H-pyrrole nitrogens is 1. The number of anilines is 1. The number of benzene rings is 2. The van der Waals surface area contributed by atoms with Crippen LogP contribution in [0.5, 0.6) is 5.75 Å². The molecule has 2 aromatic carbocycles. The zero-order chi connectivity index (χ0) is 19.2. The van der Waals surface area contributed by atoms with Crippen LogP contribution in [0.2, 0.25) is 0 Å². The fourth-order valence-electron chi connectivity index (χ4n) is 2.26. The lowest BCUT2D eigenvalue weighted by Crippen LogP contribution is -2.22. The van der Waals surface area contributed by atoms with Crippen LogP contribution in [0.3, 0.4) is 0 Å². The summed E-state index contributed by atoms with van der Waals surface area (Å²) < 4.78 is 5.14. The number of hydrogen-bond donors (Lipinski definition) is 2. The largest absolute Gasteiger partial charge is 0.497 e. The van der Waals surface area contributed by atoms with Gasteiger partial charge in [-0.15, -0.1) is 5.10 Å². The number of aromatic amines is 1. The predicted octanol–water partition coefficient (Wildman–Crippen LogP) is 3.47. The molecule has 7 nitrogen and oxygen atoms in total. The molecule has 0 aliphatic carbocycles. The van der Waals surface area contributed by atoms with E-state index in [1.807, 2.05) is 30.3 Å². The monoisotopic (exact) mass is 379 g/mol. The van der Waals surface area contributed by atoms with Gasteiger partial charge in [0.05, 0.1) is 24.0 Å². The maximum absolute atomic E-state index is 12.3. The second kappa shape index (κ2) is 8.38. The lowest BCUT2D eigenvalue weighted by atomic mass is 10.2. The van der Waals surface area contributed by atoms with Crippen molar-refractivity contribution in [2.75, 3.05) is 12.4 Å². The molecule has 1 aromatic heterocycles. The SMILES string of the molecule is COc1ccc(-c2nc(SC(C)C(=O)Nc3ccc(C#N)cc3)n[nH]2)cc1. The van der Waals surface area contributed by atoms with Gasteiger partial charge in [-0.1, -0.05) is 11.8 Å². The first-order chi connectivity index (χ1) is 13.1. The molecule has 136 valence electrons. The molecule has 0 fully saturated rings. The number of aromatic nitrogens is 3. The number of rotatable bonds is 6. The fourth-order valence-corrected chi connectivity index (χ4v) is 2.99. The molecule has 3 rings (SSSR count). The summed E-state index contributed by atoms with van der Waals surface area (Å²) in [5, 5.41) is 18.8. The summed E-state index contributed by atoms with van der Waals surface area (Å²) in [4.78, 5) is 16.8. The van der Waals surface area contributed by atoms with E-state index in [2.05, 4.69) is 20.5 Å². The standard InChI is InChI=1S/C19H17N5O2S/c1-12(18(25)21-15-7-3-13(11-20)4-8-15)27-19-22-17(23-24-19)14-5-9-16(26-2)10-6-14/h3-10,12H,1-2H3,(H,21,25)(H,22,23,24). The highest BCUT2D eigenvalue weighted by atomic mass is 32.2. The van der Waals surface area contributed by atoms with Gasteiger partial charge in [0.15, 0.2) is 5.82 Å². The van der Waals surface area contributed by atoms with Gasteiger partial charge in [-0.25, -0.2) is 4.98 Å². The molecule has 0 radical (unpaired) electrons. The van der Waals surface area contributed by atoms with Crippen LogP contribution in [0.1, 0.15) is 12.5 Å². The molecule has 3 aromatic rings. The van der Waals surface area contributed by atoms with Crippen molar-refractivity contribution in [3.05, 3.63) is 54.1 Å². The number of amides is 1. The Morgan fingerprint density at radius 3 is 2.56 bits per heavy atom.